The summed E-state index contributed by atoms with van der Waals surface area (Å²) in [6.45, 7) is 0.790. The monoisotopic (exact) mass is 552 g/mol. The maximum Gasteiger partial charge on any atom is 0.243 e. The number of hydrogen-bond donors (Lipinski definition) is 0. The fraction of sp³-hybridized carbons (Fsp3) is 0.296. The van der Waals surface area contributed by atoms with Crippen molar-refractivity contribution in [2.45, 2.75) is 24.3 Å². The van der Waals surface area contributed by atoms with Gasteiger partial charge in [0.2, 0.25) is 15.9 Å². The lowest BCUT2D eigenvalue weighted by molar-refractivity contribution is -0.123. The number of hydrogen-bond acceptors (Lipinski definition) is 8. The number of anilines is 1. The van der Waals surface area contributed by atoms with E-state index in [0.29, 0.717) is 35.0 Å². The number of thiazole rings is 1. The molecule has 1 saturated heterocycles. The van der Waals surface area contributed by atoms with Crippen LogP contribution < -0.4 is 14.4 Å². The second-order valence-electron chi connectivity index (χ2n) is 8.90. The van der Waals surface area contributed by atoms with Gasteiger partial charge in [0.25, 0.3) is 0 Å². The number of para-hydroxylation sites is 1. The molecule has 1 amide bonds. The number of methoxy groups -OCH3 is 2. The number of pyridine rings is 1. The van der Waals surface area contributed by atoms with Gasteiger partial charge in [0.15, 0.2) is 5.13 Å². The highest BCUT2D eigenvalue weighted by atomic mass is 32.2. The normalized spacial score (nSPS) is 14.9. The zero-order chi connectivity index (χ0) is 26.7. The average Bonchev–Trinajstić information content (AvgIpc) is 3.40. The number of nitrogens with zero attached hydrogens (tertiary/aromatic N) is 4. The summed E-state index contributed by atoms with van der Waals surface area (Å²) < 4.78 is 39.3. The highest BCUT2D eigenvalue weighted by Gasteiger charge is 2.35. The predicted octanol–water partition coefficient (Wildman–Crippen LogP) is 4.34. The highest BCUT2D eigenvalue weighted by Crippen LogP contribution is 2.36. The van der Waals surface area contributed by atoms with Crippen LogP contribution in [0.4, 0.5) is 5.13 Å². The summed E-state index contributed by atoms with van der Waals surface area (Å²) >= 11 is 1.42. The van der Waals surface area contributed by atoms with E-state index in [9.17, 15) is 13.2 Å². The molecular formula is C27H28N4O5S2. The van der Waals surface area contributed by atoms with Crippen LogP contribution in [0.1, 0.15) is 18.5 Å². The number of carbonyl (C=O) groups is 1. The Bertz CT molecular complexity index is 1520. The van der Waals surface area contributed by atoms with E-state index in [2.05, 4.69) is 4.98 Å². The first kappa shape index (κ1) is 26.1. The zero-order valence-corrected chi connectivity index (χ0v) is 22.7. The fourth-order valence-corrected chi connectivity index (χ4v) is 7.00. The molecule has 0 unspecified atom stereocenters. The second-order valence-corrected chi connectivity index (χ2v) is 11.8. The maximum absolute atomic E-state index is 13.9. The van der Waals surface area contributed by atoms with E-state index in [1.165, 1.54) is 22.8 Å². The Labute approximate surface area is 225 Å². The molecule has 4 aromatic rings. The summed E-state index contributed by atoms with van der Waals surface area (Å²) in [7, 11) is -0.533. The summed E-state index contributed by atoms with van der Waals surface area (Å²) in [6, 6.07) is 17.6. The molecule has 1 aliphatic rings. The molecule has 1 fully saturated rings. The lowest BCUT2D eigenvalue weighted by Gasteiger charge is -2.33. The summed E-state index contributed by atoms with van der Waals surface area (Å²) in [5, 5.41) is 0.563. The van der Waals surface area contributed by atoms with Gasteiger partial charge in [-0.05, 0) is 61.4 Å². The molecule has 3 heterocycles. The molecule has 11 heteroatoms. The van der Waals surface area contributed by atoms with Gasteiger partial charge in [-0.15, -0.1) is 0 Å². The molecule has 0 spiro atoms. The van der Waals surface area contributed by atoms with Crippen molar-refractivity contribution < 1.29 is 22.7 Å². The van der Waals surface area contributed by atoms with E-state index in [1.54, 1.807) is 42.5 Å². The maximum atomic E-state index is 13.9. The van der Waals surface area contributed by atoms with Crippen LogP contribution in [-0.4, -0.2) is 55.9 Å². The minimum absolute atomic E-state index is 0.0878. The molecule has 0 aliphatic carbocycles. The lowest BCUT2D eigenvalue weighted by Crippen LogP contribution is -2.44. The average molecular weight is 553 g/mol. The zero-order valence-electron chi connectivity index (χ0n) is 21.1. The quantitative estimate of drug-likeness (QED) is 0.320. The Morgan fingerprint density at radius 2 is 1.79 bits per heavy atom. The van der Waals surface area contributed by atoms with E-state index >= 15 is 0 Å². The van der Waals surface area contributed by atoms with Crippen LogP contribution in [0.5, 0.6) is 11.5 Å². The van der Waals surface area contributed by atoms with Crippen LogP contribution in [-0.2, 0) is 21.4 Å². The number of sulfonamides is 1. The molecular weight excluding hydrogens is 524 g/mol. The van der Waals surface area contributed by atoms with Crippen molar-refractivity contribution in [3.63, 3.8) is 0 Å². The number of ether oxygens (including phenoxy) is 2. The number of carbonyl (C=O) groups excluding carboxylic acids is 1. The van der Waals surface area contributed by atoms with E-state index < -0.39 is 10.0 Å². The van der Waals surface area contributed by atoms with Gasteiger partial charge in [-0.3, -0.25) is 14.7 Å². The van der Waals surface area contributed by atoms with Crippen molar-refractivity contribution in [1.29, 1.82) is 0 Å². The van der Waals surface area contributed by atoms with Crippen molar-refractivity contribution in [2.75, 3.05) is 32.2 Å². The number of fused-ring (bicyclic) bond motifs is 1. The number of piperidine rings is 1. The SMILES string of the molecule is COc1ccc(S(=O)(=O)N2CCC(C(=O)N(Cc3ccccn3)c3nc4c(OC)cccc4s3)CC2)cc1. The predicted molar refractivity (Wildman–Crippen MR) is 146 cm³/mol. The van der Waals surface area contributed by atoms with Crippen LogP contribution >= 0.6 is 11.3 Å². The minimum atomic E-state index is -3.66. The molecule has 2 aromatic carbocycles. The van der Waals surface area contributed by atoms with E-state index in [1.807, 2.05) is 36.4 Å². The van der Waals surface area contributed by atoms with Gasteiger partial charge in [0, 0.05) is 25.2 Å². The molecule has 198 valence electrons. The van der Waals surface area contributed by atoms with Crippen LogP contribution in [0.25, 0.3) is 10.2 Å². The molecule has 38 heavy (non-hydrogen) atoms. The van der Waals surface area contributed by atoms with Crippen molar-refractivity contribution in [2.24, 2.45) is 5.92 Å². The van der Waals surface area contributed by atoms with Crippen molar-refractivity contribution in [3.05, 3.63) is 72.6 Å². The molecule has 0 bridgehead atoms. The van der Waals surface area contributed by atoms with Gasteiger partial charge in [-0.25, -0.2) is 13.4 Å². The number of rotatable bonds is 8. The standard InChI is InChI=1S/C27H28N4O5S2/c1-35-21-9-11-22(12-10-21)38(33,34)30-16-13-19(14-17-30)26(32)31(18-20-6-3-4-15-28-20)27-29-25-23(36-2)7-5-8-24(25)37-27/h3-12,15,19H,13-14,16-18H2,1-2H3. The third kappa shape index (κ3) is 5.22. The van der Waals surface area contributed by atoms with Crippen LogP contribution in [0.3, 0.4) is 0 Å². The van der Waals surface area contributed by atoms with E-state index in [-0.39, 0.29) is 36.4 Å². The van der Waals surface area contributed by atoms with Crippen molar-refractivity contribution >= 4 is 42.6 Å². The molecule has 0 atom stereocenters. The van der Waals surface area contributed by atoms with Gasteiger partial charge in [-0.1, -0.05) is 23.5 Å². The Hall–Kier alpha value is -3.54. The lowest BCUT2D eigenvalue weighted by atomic mass is 9.96. The Morgan fingerprint density at radius 1 is 1.03 bits per heavy atom. The summed E-state index contributed by atoms with van der Waals surface area (Å²) in [4.78, 5) is 24.9. The summed E-state index contributed by atoms with van der Waals surface area (Å²) in [5.41, 5.74) is 1.45. The number of aromatic nitrogens is 2. The third-order valence-corrected chi connectivity index (χ3v) is 9.59. The van der Waals surface area contributed by atoms with Crippen LogP contribution in [0, 0.1) is 5.92 Å². The first-order chi connectivity index (χ1) is 18.4. The second kappa shape index (κ2) is 11.1. The first-order valence-electron chi connectivity index (χ1n) is 12.2. The largest absolute Gasteiger partial charge is 0.497 e. The number of amides is 1. The molecule has 0 radical (unpaired) electrons. The Kier molecular flexibility index (Phi) is 7.59. The molecule has 5 rings (SSSR count). The van der Waals surface area contributed by atoms with Crippen LogP contribution in [0.15, 0.2) is 71.8 Å². The Balaban J connectivity index is 1.37. The minimum Gasteiger partial charge on any atom is -0.497 e. The van der Waals surface area contributed by atoms with Gasteiger partial charge in [0.1, 0.15) is 17.0 Å². The topological polar surface area (TPSA) is 102 Å². The first-order valence-corrected chi connectivity index (χ1v) is 14.5. The van der Waals surface area contributed by atoms with Crippen molar-refractivity contribution in [3.8, 4) is 11.5 Å². The third-order valence-electron chi connectivity index (χ3n) is 6.63. The summed E-state index contributed by atoms with van der Waals surface area (Å²) in [5.74, 6) is 0.811. The van der Waals surface area contributed by atoms with Crippen LogP contribution in [0.2, 0.25) is 0 Å². The molecule has 2 aromatic heterocycles. The van der Waals surface area contributed by atoms with Gasteiger partial charge in [0.05, 0.1) is 36.1 Å². The summed E-state index contributed by atoms with van der Waals surface area (Å²) in [6.07, 6.45) is 2.53. The van der Waals surface area contributed by atoms with Gasteiger partial charge in [-0.2, -0.15) is 4.31 Å². The van der Waals surface area contributed by atoms with E-state index in [0.717, 1.165) is 10.4 Å². The van der Waals surface area contributed by atoms with Crippen molar-refractivity contribution in [1.82, 2.24) is 14.3 Å². The highest BCUT2D eigenvalue weighted by molar-refractivity contribution is 7.89. The van der Waals surface area contributed by atoms with Gasteiger partial charge >= 0.3 is 0 Å². The molecule has 0 N–H and O–H groups in total. The molecule has 9 nitrogen and oxygen atoms in total. The van der Waals surface area contributed by atoms with Gasteiger partial charge < -0.3 is 9.47 Å². The van der Waals surface area contributed by atoms with E-state index in [4.69, 9.17) is 14.5 Å². The molecule has 0 saturated carbocycles. The Morgan fingerprint density at radius 3 is 2.45 bits per heavy atom. The smallest absolute Gasteiger partial charge is 0.243 e. The molecule has 1 aliphatic heterocycles. The fourth-order valence-electron chi connectivity index (χ4n) is 4.55. The number of benzene rings is 2.